The van der Waals surface area contributed by atoms with E-state index < -0.39 is 42.5 Å². The monoisotopic (exact) mass is 285 g/mol. The van der Waals surface area contributed by atoms with Crippen molar-refractivity contribution in [2.24, 2.45) is 0 Å². The van der Waals surface area contributed by atoms with Crippen LogP contribution in [0.5, 0.6) is 0 Å². The largest absolute Gasteiger partial charge is 0.394 e. The van der Waals surface area contributed by atoms with Crippen molar-refractivity contribution in [2.75, 3.05) is 6.61 Å². The van der Waals surface area contributed by atoms with Gasteiger partial charge in [0.2, 0.25) is 0 Å². The second-order valence-electron chi connectivity index (χ2n) is 4.34. The molecule has 3 N–H and O–H groups in total. The summed E-state index contributed by atoms with van der Waals surface area (Å²) in [6.45, 7) is -0.610. The van der Waals surface area contributed by atoms with Crippen molar-refractivity contribution in [2.45, 2.75) is 31.0 Å². The minimum Gasteiger partial charge on any atom is -0.394 e. The van der Waals surface area contributed by atoms with E-state index in [0.717, 1.165) is 10.8 Å². The molecule has 1 aromatic rings. The Morgan fingerprint density at radius 1 is 1.55 bits per heavy atom. The molecule has 9 heteroatoms. The molecule has 1 aliphatic heterocycles. The number of nitrogens with one attached hydrogen (secondary N) is 1. The van der Waals surface area contributed by atoms with Crippen LogP contribution in [0.1, 0.15) is 11.8 Å². The number of aromatic nitrogens is 2. The number of rotatable bonds is 3. The number of nitrogens with zero attached hydrogens (tertiary/aromatic N) is 2. The van der Waals surface area contributed by atoms with Crippen LogP contribution in [0, 0.1) is 11.3 Å². The van der Waals surface area contributed by atoms with Crippen molar-refractivity contribution >= 4 is 0 Å². The number of halogens is 1. The number of alkyl halides is 1. The van der Waals surface area contributed by atoms with Crippen molar-refractivity contribution < 1.29 is 19.3 Å². The van der Waals surface area contributed by atoms with Gasteiger partial charge in [0.1, 0.15) is 12.2 Å². The summed E-state index contributed by atoms with van der Waals surface area (Å²) in [6, 6.07) is 1.74. The molecule has 108 valence electrons. The highest BCUT2D eigenvalue weighted by Crippen LogP contribution is 2.30. The average Bonchev–Trinajstić information content (AvgIpc) is 2.70. The van der Waals surface area contributed by atoms with Crippen LogP contribution in [0.25, 0.3) is 0 Å². The van der Waals surface area contributed by atoms with E-state index in [1.165, 1.54) is 0 Å². The van der Waals surface area contributed by atoms with Crippen LogP contribution in [0.2, 0.25) is 0 Å². The Kier molecular flexibility index (Phi) is 3.99. The number of hydrogen-bond donors (Lipinski definition) is 3. The first-order chi connectivity index (χ1) is 9.49. The maximum Gasteiger partial charge on any atom is 0.330 e. The summed E-state index contributed by atoms with van der Waals surface area (Å²) in [5.41, 5.74) is -1.68. The van der Waals surface area contributed by atoms with Gasteiger partial charge in [-0.3, -0.25) is 14.3 Å². The predicted molar refractivity (Wildman–Crippen MR) is 62.5 cm³/mol. The molecule has 1 saturated heterocycles. The lowest BCUT2D eigenvalue weighted by Crippen LogP contribution is -2.37. The Morgan fingerprint density at radius 3 is 2.80 bits per heavy atom. The van der Waals surface area contributed by atoms with Gasteiger partial charge in [-0.15, -0.1) is 0 Å². The normalized spacial score (nSPS) is 29.3. The standard InChI is InChI=1S/C11H12FN3O5/c12-7-8(17)6(4-16)20-10(7)15-3-5(1-2-13)9(18)14-11(15)19/h3,6-8,10,16-17H,1,4H2,(H,14,18,19)/t6-,7+,8?,10-/m1/s1. The number of hydrogen-bond acceptors (Lipinski definition) is 6. The summed E-state index contributed by atoms with van der Waals surface area (Å²) in [5, 5.41) is 27.0. The van der Waals surface area contributed by atoms with Crippen LogP contribution in [-0.4, -0.2) is 44.8 Å². The van der Waals surface area contributed by atoms with Gasteiger partial charge in [0.05, 0.1) is 19.1 Å². The second kappa shape index (κ2) is 5.54. The smallest absolute Gasteiger partial charge is 0.330 e. The molecule has 8 nitrogen and oxygen atoms in total. The van der Waals surface area contributed by atoms with Gasteiger partial charge in [0.15, 0.2) is 12.4 Å². The van der Waals surface area contributed by atoms with E-state index in [2.05, 4.69) is 0 Å². The molecule has 1 fully saturated rings. The quantitative estimate of drug-likeness (QED) is 0.600. The van der Waals surface area contributed by atoms with Crippen LogP contribution in [-0.2, 0) is 11.2 Å². The molecular weight excluding hydrogens is 273 g/mol. The molecule has 0 spiro atoms. The van der Waals surface area contributed by atoms with Crippen molar-refractivity contribution in [1.82, 2.24) is 9.55 Å². The molecule has 4 atom stereocenters. The summed E-state index contributed by atoms with van der Waals surface area (Å²) in [4.78, 5) is 25.0. The van der Waals surface area contributed by atoms with Crippen LogP contribution in [0.15, 0.2) is 15.8 Å². The van der Waals surface area contributed by atoms with Gasteiger partial charge in [-0.25, -0.2) is 9.18 Å². The number of H-pyrrole nitrogens is 1. The third-order valence-corrected chi connectivity index (χ3v) is 3.06. The number of aliphatic hydroxyl groups is 2. The van der Waals surface area contributed by atoms with Crippen LogP contribution in [0.3, 0.4) is 0 Å². The van der Waals surface area contributed by atoms with Crippen molar-refractivity contribution in [3.05, 3.63) is 32.6 Å². The fraction of sp³-hybridized carbons (Fsp3) is 0.545. The molecule has 1 unspecified atom stereocenters. The molecule has 1 aliphatic rings. The Bertz CT molecular complexity index is 649. The van der Waals surface area contributed by atoms with E-state index in [1.807, 2.05) is 4.98 Å². The Hall–Kier alpha value is -2.02. The lowest BCUT2D eigenvalue weighted by molar-refractivity contribution is -0.0492. The molecule has 0 aliphatic carbocycles. The lowest BCUT2D eigenvalue weighted by atomic mass is 10.1. The van der Waals surface area contributed by atoms with Crippen molar-refractivity contribution in [3.63, 3.8) is 0 Å². The van der Waals surface area contributed by atoms with Gasteiger partial charge < -0.3 is 14.9 Å². The maximum absolute atomic E-state index is 13.9. The first-order valence-corrected chi connectivity index (χ1v) is 5.79. The summed E-state index contributed by atoms with van der Waals surface area (Å²) in [5.74, 6) is 0. The average molecular weight is 285 g/mol. The van der Waals surface area contributed by atoms with E-state index in [0.29, 0.717) is 0 Å². The second-order valence-corrected chi connectivity index (χ2v) is 4.34. The van der Waals surface area contributed by atoms with E-state index in [4.69, 9.17) is 15.1 Å². The molecule has 20 heavy (non-hydrogen) atoms. The molecule has 1 aromatic heterocycles. The first kappa shape index (κ1) is 14.4. The lowest BCUT2D eigenvalue weighted by Gasteiger charge is -2.16. The SMILES string of the molecule is N#CCc1cn([C@@H]2O[C@H](CO)C(O)[C@@H]2F)c(=O)[nH]c1=O. The van der Waals surface area contributed by atoms with Gasteiger partial charge in [-0.05, 0) is 0 Å². The zero-order valence-electron chi connectivity index (χ0n) is 10.2. The summed E-state index contributed by atoms with van der Waals surface area (Å²) in [7, 11) is 0. The molecule has 0 radical (unpaired) electrons. The van der Waals surface area contributed by atoms with E-state index in [9.17, 15) is 19.1 Å². The van der Waals surface area contributed by atoms with Gasteiger partial charge in [0.25, 0.3) is 5.56 Å². The van der Waals surface area contributed by atoms with Crippen molar-refractivity contribution in [1.29, 1.82) is 5.26 Å². The molecule has 0 amide bonds. The fourth-order valence-corrected chi connectivity index (χ4v) is 2.01. The van der Waals surface area contributed by atoms with Gasteiger partial charge >= 0.3 is 5.69 Å². The Balaban J connectivity index is 2.43. The molecule has 0 aromatic carbocycles. The van der Waals surface area contributed by atoms with Gasteiger partial charge in [-0.1, -0.05) is 0 Å². The number of nitriles is 1. The summed E-state index contributed by atoms with van der Waals surface area (Å²) >= 11 is 0. The number of aliphatic hydroxyl groups excluding tert-OH is 2. The number of ether oxygens (including phenoxy) is 1. The maximum atomic E-state index is 13.9. The Morgan fingerprint density at radius 2 is 2.25 bits per heavy atom. The highest BCUT2D eigenvalue weighted by Gasteiger charge is 2.45. The highest BCUT2D eigenvalue weighted by molar-refractivity contribution is 5.10. The minimum absolute atomic E-state index is 0.0233. The molecule has 0 bridgehead atoms. The molecule has 2 rings (SSSR count). The van der Waals surface area contributed by atoms with Crippen LogP contribution >= 0.6 is 0 Å². The van der Waals surface area contributed by atoms with Crippen LogP contribution < -0.4 is 11.2 Å². The Labute approximate surface area is 111 Å². The summed E-state index contributed by atoms with van der Waals surface area (Å²) < 4.78 is 19.7. The van der Waals surface area contributed by atoms with E-state index in [1.54, 1.807) is 6.07 Å². The summed E-state index contributed by atoms with van der Waals surface area (Å²) in [6.07, 6.45) is -5.38. The highest BCUT2D eigenvalue weighted by atomic mass is 19.1. The third-order valence-electron chi connectivity index (χ3n) is 3.06. The van der Waals surface area contributed by atoms with E-state index in [-0.39, 0.29) is 12.0 Å². The van der Waals surface area contributed by atoms with E-state index >= 15 is 0 Å². The van der Waals surface area contributed by atoms with Gasteiger partial charge in [-0.2, -0.15) is 5.26 Å². The zero-order chi connectivity index (χ0) is 14.9. The minimum atomic E-state index is -1.94. The first-order valence-electron chi connectivity index (χ1n) is 5.79. The molecular formula is C11H12FN3O5. The predicted octanol–water partition coefficient (Wildman–Crippen LogP) is -1.81. The van der Waals surface area contributed by atoms with Crippen molar-refractivity contribution in [3.8, 4) is 6.07 Å². The number of aromatic amines is 1. The molecule has 2 heterocycles. The van der Waals surface area contributed by atoms with Gasteiger partial charge in [0, 0.05) is 11.8 Å². The van der Waals surface area contributed by atoms with Crippen LogP contribution in [0.4, 0.5) is 4.39 Å². The molecule has 0 saturated carbocycles. The third kappa shape index (κ3) is 2.36. The fourth-order valence-electron chi connectivity index (χ4n) is 2.01. The zero-order valence-corrected chi connectivity index (χ0v) is 10.2. The topological polar surface area (TPSA) is 128 Å².